The smallest absolute Gasteiger partial charge is 0.339 e. The molecule has 0 saturated heterocycles. The van der Waals surface area contributed by atoms with Gasteiger partial charge in [-0.1, -0.05) is 20.8 Å². The maximum absolute atomic E-state index is 12.2. The Balaban J connectivity index is 2.36. The molecule has 1 aromatic heterocycles. The molecular weight excluding hydrogens is 310 g/mol. The van der Waals surface area contributed by atoms with E-state index >= 15 is 0 Å². The van der Waals surface area contributed by atoms with Crippen LogP contribution in [0.4, 0.5) is 5.00 Å². The Kier molecular flexibility index (Phi) is 4.35. The Hall–Kier alpha value is -1.08. The molecule has 0 spiro atoms. The van der Waals surface area contributed by atoms with Gasteiger partial charge >= 0.3 is 5.97 Å². The average Bonchev–Trinajstić information content (AvgIpc) is 2.61. The molecule has 21 heavy (non-hydrogen) atoms. The van der Waals surface area contributed by atoms with Crippen molar-refractivity contribution < 1.29 is 18.3 Å². The molecule has 1 aliphatic carbocycles. The van der Waals surface area contributed by atoms with E-state index in [0.29, 0.717) is 6.42 Å². The molecule has 2 N–H and O–H groups in total. The standard InChI is InChI=1S/C14H21NO4S2/c1-14(2,3)8-21(18,19)15-12-11(13(16)17)9-6-4-5-7-10(9)20-12/h15H,4-8H2,1-3H3,(H,16,17). The van der Waals surface area contributed by atoms with Gasteiger partial charge in [0.1, 0.15) is 5.00 Å². The highest BCUT2D eigenvalue weighted by atomic mass is 32.2. The molecule has 0 unspecified atom stereocenters. The Labute approximate surface area is 129 Å². The first-order chi connectivity index (χ1) is 9.59. The maximum atomic E-state index is 12.2. The van der Waals surface area contributed by atoms with Crippen LogP contribution in [-0.2, 0) is 22.9 Å². The van der Waals surface area contributed by atoms with Crippen molar-refractivity contribution in [2.45, 2.75) is 46.5 Å². The highest BCUT2D eigenvalue weighted by molar-refractivity contribution is 7.92. The van der Waals surface area contributed by atoms with Gasteiger partial charge < -0.3 is 5.11 Å². The van der Waals surface area contributed by atoms with E-state index in [1.54, 1.807) is 0 Å². The van der Waals surface area contributed by atoms with Crippen LogP contribution in [0.5, 0.6) is 0 Å². The molecule has 2 rings (SSSR count). The van der Waals surface area contributed by atoms with E-state index in [1.807, 2.05) is 20.8 Å². The van der Waals surface area contributed by atoms with Crippen LogP contribution in [0.15, 0.2) is 0 Å². The van der Waals surface area contributed by atoms with Crippen molar-refractivity contribution >= 4 is 32.3 Å². The number of rotatable bonds is 4. The van der Waals surface area contributed by atoms with Crippen molar-refractivity contribution in [3.63, 3.8) is 0 Å². The van der Waals surface area contributed by atoms with Gasteiger partial charge in [0.25, 0.3) is 0 Å². The fraction of sp³-hybridized carbons (Fsp3) is 0.643. The normalized spacial score (nSPS) is 15.6. The highest BCUT2D eigenvalue weighted by Crippen LogP contribution is 2.38. The zero-order valence-corrected chi connectivity index (χ0v) is 14.2. The van der Waals surface area contributed by atoms with E-state index in [4.69, 9.17) is 0 Å². The van der Waals surface area contributed by atoms with Crippen molar-refractivity contribution in [1.29, 1.82) is 0 Å². The highest BCUT2D eigenvalue weighted by Gasteiger charge is 2.29. The molecular formula is C14H21NO4S2. The molecule has 0 saturated carbocycles. The first kappa shape index (κ1) is 16.3. The molecule has 0 bridgehead atoms. The Morgan fingerprint density at radius 2 is 1.90 bits per heavy atom. The zero-order valence-electron chi connectivity index (χ0n) is 12.5. The van der Waals surface area contributed by atoms with Crippen LogP contribution < -0.4 is 4.72 Å². The molecule has 1 heterocycles. The van der Waals surface area contributed by atoms with Crippen LogP contribution in [0, 0.1) is 5.41 Å². The number of sulfonamides is 1. The number of aromatic carboxylic acids is 1. The van der Waals surface area contributed by atoms with Crippen LogP contribution in [-0.4, -0.2) is 25.2 Å². The second-order valence-electron chi connectivity index (χ2n) is 6.64. The summed E-state index contributed by atoms with van der Waals surface area (Å²) in [5.74, 6) is -1.09. The summed E-state index contributed by atoms with van der Waals surface area (Å²) in [6.07, 6.45) is 3.54. The Morgan fingerprint density at radius 1 is 1.29 bits per heavy atom. The van der Waals surface area contributed by atoms with Gasteiger partial charge in [0.2, 0.25) is 10.0 Å². The summed E-state index contributed by atoms with van der Waals surface area (Å²) in [5.41, 5.74) is 0.575. The minimum absolute atomic E-state index is 0.0401. The second kappa shape index (κ2) is 5.61. The molecule has 7 heteroatoms. The van der Waals surface area contributed by atoms with Crippen LogP contribution in [0.1, 0.15) is 54.4 Å². The van der Waals surface area contributed by atoms with Crippen molar-refractivity contribution in [2.24, 2.45) is 5.41 Å². The van der Waals surface area contributed by atoms with Crippen LogP contribution in [0.3, 0.4) is 0 Å². The third kappa shape index (κ3) is 3.97. The molecule has 118 valence electrons. The van der Waals surface area contributed by atoms with Crippen molar-refractivity contribution in [2.75, 3.05) is 10.5 Å². The molecule has 0 radical (unpaired) electrons. The first-order valence-corrected chi connectivity index (χ1v) is 9.44. The molecule has 0 aromatic carbocycles. The molecule has 1 aromatic rings. The average molecular weight is 331 g/mol. The number of carboxylic acid groups (broad SMARTS) is 1. The molecule has 0 aliphatic heterocycles. The lowest BCUT2D eigenvalue weighted by atomic mass is 9.96. The fourth-order valence-corrected chi connectivity index (χ4v) is 5.89. The van der Waals surface area contributed by atoms with E-state index in [2.05, 4.69) is 4.72 Å². The van der Waals surface area contributed by atoms with Crippen LogP contribution in [0.25, 0.3) is 0 Å². The number of nitrogens with one attached hydrogen (secondary N) is 1. The summed E-state index contributed by atoms with van der Waals surface area (Å²) in [4.78, 5) is 12.5. The maximum Gasteiger partial charge on any atom is 0.339 e. The van der Waals surface area contributed by atoms with E-state index in [1.165, 1.54) is 11.3 Å². The summed E-state index contributed by atoms with van der Waals surface area (Å²) in [6, 6.07) is 0. The van der Waals surface area contributed by atoms with Crippen molar-refractivity contribution in [3.05, 3.63) is 16.0 Å². The minimum Gasteiger partial charge on any atom is -0.478 e. The molecule has 5 nitrogen and oxygen atoms in total. The lowest BCUT2D eigenvalue weighted by Gasteiger charge is -2.18. The number of aryl methyl sites for hydroxylation is 1. The third-order valence-electron chi connectivity index (χ3n) is 3.26. The largest absolute Gasteiger partial charge is 0.478 e. The van der Waals surface area contributed by atoms with Gasteiger partial charge in [-0.15, -0.1) is 11.3 Å². The summed E-state index contributed by atoms with van der Waals surface area (Å²) in [5, 5.41) is 9.67. The lowest BCUT2D eigenvalue weighted by Crippen LogP contribution is -2.26. The van der Waals surface area contributed by atoms with E-state index in [-0.39, 0.29) is 21.7 Å². The van der Waals surface area contributed by atoms with Gasteiger partial charge in [0, 0.05) is 4.88 Å². The number of carbonyl (C=O) groups is 1. The Morgan fingerprint density at radius 3 is 2.48 bits per heavy atom. The van der Waals surface area contributed by atoms with Gasteiger partial charge in [-0.05, 0) is 36.7 Å². The van der Waals surface area contributed by atoms with Gasteiger partial charge in [-0.3, -0.25) is 4.72 Å². The number of hydrogen-bond donors (Lipinski definition) is 2. The monoisotopic (exact) mass is 331 g/mol. The topological polar surface area (TPSA) is 83.5 Å². The molecule has 0 amide bonds. The summed E-state index contributed by atoms with van der Waals surface area (Å²) in [7, 11) is -3.55. The predicted octanol–water partition coefficient (Wildman–Crippen LogP) is 3.11. The van der Waals surface area contributed by atoms with E-state index < -0.39 is 16.0 Å². The van der Waals surface area contributed by atoms with Gasteiger partial charge in [0.15, 0.2) is 0 Å². The number of carboxylic acids is 1. The van der Waals surface area contributed by atoms with E-state index in [9.17, 15) is 18.3 Å². The van der Waals surface area contributed by atoms with Gasteiger partial charge in [0.05, 0.1) is 11.3 Å². The fourth-order valence-electron chi connectivity index (χ4n) is 2.61. The summed E-state index contributed by atoms with van der Waals surface area (Å²) < 4.78 is 26.9. The number of hydrogen-bond acceptors (Lipinski definition) is 4. The SMILES string of the molecule is CC(C)(C)CS(=O)(=O)Nc1sc2c(c1C(=O)O)CCCC2. The molecule has 0 fully saturated rings. The lowest BCUT2D eigenvalue weighted by molar-refractivity contribution is 0.0697. The van der Waals surface area contributed by atoms with Crippen LogP contribution >= 0.6 is 11.3 Å². The number of anilines is 1. The summed E-state index contributed by atoms with van der Waals surface area (Å²) >= 11 is 1.27. The minimum atomic E-state index is -3.55. The van der Waals surface area contributed by atoms with Gasteiger partial charge in [-0.25, -0.2) is 13.2 Å². The van der Waals surface area contributed by atoms with E-state index in [0.717, 1.165) is 29.7 Å². The van der Waals surface area contributed by atoms with Gasteiger partial charge in [-0.2, -0.15) is 0 Å². The number of fused-ring (bicyclic) bond motifs is 1. The van der Waals surface area contributed by atoms with Crippen molar-refractivity contribution in [3.8, 4) is 0 Å². The number of thiophene rings is 1. The third-order valence-corrected chi connectivity index (χ3v) is 6.35. The van der Waals surface area contributed by atoms with Crippen LogP contribution in [0.2, 0.25) is 0 Å². The second-order valence-corrected chi connectivity index (χ2v) is 9.47. The van der Waals surface area contributed by atoms with Crippen molar-refractivity contribution in [1.82, 2.24) is 0 Å². The molecule has 1 aliphatic rings. The first-order valence-electron chi connectivity index (χ1n) is 6.97. The zero-order chi connectivity index (χ0) is 15.8. The summed E-state index contributed by atoms with van der Waals surface area (Å²) in [6.45, 7) is 5.51. The predicted molar refractivity (Wildman–Crippen MR) is 84.8 cm³/mol. The Bertz CT molecular complexity index is 653. The quantitative estimate of drug-likeness (QED) is 0.888. The molecule has 0 atom stereocenters.